The summed E-state index contributed by atoms with van der Waals surface area (Å²) in [6.45, 7) is 6.83. The van der Waals surface area contributed by atoms with Crippen molar-refractivity contribution in [1.29, 1.82) is 0 Å². The quantitative estimate of drug-likeness (QED) is 0.833. The van der Waals surface area contributed by atoms with Crippen molar-refractivity contribution in [2.45, 2.75) is 37.7 Å². The van der Waals surface area contributed by atoms with Crippen LogP contribution in [0.1, 0.15) is 37.6 Å². The van der Waals surface area contributed by atoms with Gasteiger partial charge in [-0.1, -0.05) is 32.6 Å². The van der Waals surface area contributed by atoms with E-state index in [1.165, 1.54) is 4.88 Å². The largest absolute Gasteiger partial charge is 0.395 e. The Hall–Kier alpha value is -0.430. The smallest absolute Gasteiger partial charge is 0.0540 e. The highest BCUT2D eigenvalue weighted by molar-refractivity contribution is 7.99. The van der Waals surface area contributed by atoms with Gasteiger partial charge in [0.15, 0.2) is 0 Å². The van der Waals surface area contributed by atoms with Gasteiger partial charge in [0.25, 0.3) is 0 Å². The summed E-state index contributed by atoms with van der Waals surface area (Å²) < 4.78 is 0.312. The van der Waals surface area contributed by atoms with E-state index < -0.39 is 0 Å². The molecular formula is C13H18OS2. The summed E-state index contributed by atoms with van der Waals surface area (Å²) in [6.07, 6.45) is 0.557. The topological polar surface area (TPSA) is 20.2 Å². The number of rotatable bonds is 3. The highest BCUT2D eigenvalue weighted by atomic mass is 32.2. The molecular weight excluding hydrogens is 236 g/mol. The van der Waals surface area contributed by atoms with E-state index in [9.17, 15) is 0 Å². The van der Waals surface area contributed by atoms with E-state index >= 15 is 0 Å². The summed E-state index contributed by atoms with van der Waals surface area (Å²) >= 11 is 3.71. The zero-order chi connectivity index (χ0) is 12.0. The molecule has 0 aliphatic heterocycles. The fourth-order valence-electron chi connectivity index (χ4n) is 1.03. The molecule has 0 saturated heterocycles. The predicted molar refractivity (Wildman–Crippen MR) is 73.9 cm³/mol. The van der Waals surface area contributed by atoms with Crippen LogP contribution in [0.15, 0.2) is 11.4 Å². The van der Waals surface area contributed by atoms with Gasteiger partial charge in [0, 0.05) is 32.7 Å². The van der Waals surface area contributed by atoms with E-state index in [0.717, 1.165) is 11.3 Å². The third-order valence-electron chi connectivity index (χ3n) is 1.77. The molecule has 1 nitrogen and oxygen atoms in total. The molecule has 16 heavy (non-hydrogen) atoms. The van der Waals surface area contributed by atoms with Crippen LogP contribution in [0, 0.1) is 11.8 Å². The van der Waals surface area contributed by atoms with Crippen LogP contribution in [0.3, 0.4) is 0 Å². The molecule has 0 aromatic carbocycles. The van der Waals surface area contributed by atoms with Crippen molar-refractivity contribution in [2.24, 2.45) is 0 Å². The van der Waals surface area contributed by atoms with Crippen LogP contribution in [0.25, 0.3) is 0 Å². The average Bonchev–Trinajstić information content (AvgIpc) is 2.62. The number of thiophene rings is 1. The minimum absolute atomic E-state index is 0.143. The number of thioether (sulfide) groups is 1. The summed E-state index contributed by atoms with van der Waals surface area (Å²) in [5.41, 5.74) is 1.07. The second kappa shape index (κ2) is 6.34. The van der Waals surface area contributed by atoms with Crippen LogP contribution < -0.4 is 0 Å². The van der Waals surface area contributed by atoms with Crippen molar-refractivity contribution in [3.8, 4) is 11.8 Å². The molecule has 3 heteroatoms. The van der Waals surface area contributed by atoms with Gasteiger partial charge in [0.2, 0.25) is 0 Å². The number of aliphatic hydroxyl groups excluding tert-OH is 1. The summed E-state index contributed by atoms with van der Waals surface area (Å²) in [5, 5.41) is 10.7. The molecule has 0 aliphatic rings. The standard InChI is InChI=1S/C13H18OS2/c1-13(2,3)16-10-12-8-11(9-15-12)6-4-5-7-14/h8-9,14H,5,7,10H2,1-3H3. The molecule has 0 bridgehead atoms. The van der Waals surface area contributed by atoms with Gasteiger partial charge in [-0.15, -0.1) is 11.3 Å². The molecule has 0 atom stereocenters. The highest BCUT2D eigenvalue weighted by Crippen LogP contribution is 2.29. The van der Waals surface area contributed by atoms with Crippen LogP contribution in [-0.2, 0) is 5.75 Å². The molecule has 0 fully saturated rings. The van der Waals surface area contributed by atoms with Gasteiger partial charge < -0.3 is 5.11 Å². The Morgan fingerprint density at radius 3 is 2.81 bits per heavy atom. The Kier molecular flexibility index (Phi) is 5.40. The van der Waals surface area contributed by atoms with Crippen LogP contribution in [0.4, 0.5) is 0 Å². The third-order valence-corrected chi connectivity index (χ3v) is 4.21. The van der Waals surface area contributed by atoms with E-state index in [0.29, 0.717) is 11.2 Å². The zero-order valence-corrected chi connectivity index (χ0v) is 11.7. The first kappa shape index (κ1) is 13.6. The molecule has 0 amide bonds. The fourth-order valence-corrected chi connectivity index (χ4v) is 2.74. The van der Waals surface area contributed by atoms with Crippen LogP contribution in [0.5, 0.6) is 0 Å². The lowest BCUT2D eigenvalue weighted by Gasteiger charge is -2.16. The normalized spacial score (nSPS) is 11.0. The van der Waals surface area contributed by atoms with Crippen molar-refractivity contribution < 1.29 is 5.11 Å². The van der Waals surface area contributed by atoms with E-state index in [1.807, 2.05) is 11.8 Å². The zero-order valence-electron chi connectivity index (χ0n) is 10.0. The van der Waals surface area contributed by atoms with E-state index in [2.05, 4.69) is 44.1 Å². The summed E-state index contributed by atoms with van der Waals surface area (Å²) in [4.78, 5) is 1.37. The molecule has 0 radical (unpaired) electrons. The van der Waals surface area contributed by atoms with Crippen molar-refractivity contribution >= 4 is 23.1 Å². The second-order valence-corrected chi connectivity index (χ2v) is 7.28. The molecule has 1 N–H and O–H groups in total. The maximum absolute atomic E-state index is 8.62. The lowest BCUT2D eigenvalue weighted by Crippen LogP contribution is -2.06. The van der Waals surface area contributed by atoms with Crippen LogP contribution in [-0.4, -0.2) is 16.5 Å². The average molecular weight is 254 g/mol. The molecule has 1 aromatic heterocycles. The minimum Gasteiger partial charge on any atom is -0.395 e. The summed E-state index contributed by atoms with van der Waals surface area (Å²) in [7, 11) is 0. The monoisotopic (exact) mass is 254 g/mol. The molecule has 0 saturated carbocycles. The number of hydrogen-bond acceptors (Lipinski definition) is 3. The maximum atomic E-state index is 8.62. The van der Waals surface area contributed by atoms with Gasteiger partial charge in [-0.3, -0.25) is 0 Å². The van der Waals surface area contributed by atoms with Gasteiger partial charge in [-0.25, -0.2) is 0 Å². The van der Waals surface area contributed by atoms with Gasteiger partial charge in [0.1, 0.15) is 0 Å². The Balaban J connectivity index is 2.50. The van der Waals surface area contributed by atoms with Gasteiger partial charge >= 0.3 is 0 Å². The van der Waals surface area contributed by atoms with Gasteiger partial charge in [-0.2, -0.15) is 11.8 Å². The lowest BCUT2D eigenvalue weighted by molar-refractivity contribution is 0.305. The van der Waals surface area contributed by atoms with Gasteiger partial charge in [0.05, 0.1) is 6.61 Å². The molecule has 1 aromatic rings. The summed E-state index contributed by atoms with van der Waals surface area (Å²) in [5.74, 6) is 7.04. The first-order chi connectivity index (χ1) is 7.51. The number of aliphatic hydroxyl groups is 1. The van der Waals surface area contributed by atoms with Crippen molar-refractivity contribution in [1.82, 2.24) is 0 Å². The third kappa shape index (κ3) is 5.60. The molecule has 0 unspecified atom stereocenters. The first-order valence-corrected chi connectivity index (χ1v) is 7.19. The molecule has 0 aliphatic carbocycles. The molecule has 1 heterocycles. The molecule has 88 valence electrons. The Bertz CT molecular complexity index is 377. The Labute approximate surface area is 106 Å². The lowest BCUT2D eigenvalue weighted by atomic mass is 10.3. The van der Waals surface area contributed by atoms with Crippen molar-refractivity contribution in [3.05, 3.63) is 21.9 Å². The maximum Gasteiger partial charge on any atom is 0.0540 e. The van der Waals surface area contributed by atoms with E-state index in [4.69, 9.17) is 5.11 Å². The second-order valence-electron chi connectivity index (χ2n) is 4.48. The van der Waals surface area contributed by atoms with Crippen molar-refractivity contribution in [3.63, 3.8) is 0 Å². The molecule has 0 spiro atoms. The fraction of sp³-hybridized carbons (Fsp3) is 0.538. The predicted octanol–water partition coefficient (Wildman–Crippen LogP) is 3.51. The summed E-state index contributed by atoms with van der Waals surface area (Å²) in [6, 6.07) is 2.15. The highest BCUT2D eigenvalue weighted by Gasteiger charge is 2.11. The minimum atomic E-state index is 0.143. The first-order valence-electron chi connectivity index (χ1n) is 5.32. The number of hydrogen-bond donors (Lipinski definition) is 1. The Morgan fingerprint density at radius 2 is 2.19 bits per heavy atom. The molecule has 1 rings (SSSR count). The van der Waals surface area contributed by atoms with Crippen LogP contribution >= 0.6 is 23.1 Å². The van der Waals surface area contributed by atoms with E-state index in [-0.39, 0.29) is 6.61 Å². The Morgan fingerprint density at radius 1 is 1.44 bits per heavy atom. The van der Waals surface area contributed by atoms with Crippen LogP contribution in [0.2, 0.25) is 0 Å². The van der Waals surface area contributed by atoms with E-state index in [1.54, 1.807) is 11.3 Å². The van der Waals surface area contributed by atoms with Crippen molar-refractivity contribution in [2.75, 3.05) is 6.61 Å². The van der Waals surface area contributed by atoms with Gasteiger partial charge in [-0.05, 0) is 6.07 Å². The SMILES string of the molecule is CC(C)(C)SCc1cc(C#CCCO)cs1.